The summed E-state index contributed by atoms with van der Waals surface area (Å²) in [7, 11) is 0. The van der Waals surface area contributed by atoms with Crippen molar-refractivity contribution in [1.29, 1.82) is 0 Å². The molecule has 16 heavy (non-hydrogen) atoms. The molecule has 0 aliphatic carbocycles. The maximum Gasteiger partial charge on any atom is 0.155 e. The minimum absolute atomic E-state index is 0.148. The Morgan fingerprint density at radius 3 is 2.50 bits per heavy atom. The second-order valence-electron chi connectivity index (χ2n) is 4.02. The average Bonchev–Trinajstić information content (AvgIpc) is 2.36. The average molecular weight is 263 g/mol. The molecule has 0 aromatic rings. The van der Waals surface area contributed by atoms with Crippen LogP contribution in [0.5, 0.6) is 0 Å². The van der Waals surface area contributed by atoms with Gasteiger partial charge in [-0.05, 0) is 38.4 Å². The lowest BCUT2D eigenvalue weighted by molar-refractivity contribution is 0.228. The van der Waals surface area contributed by atoms with Gasteiger partial charge in [-0.15, -0.1) is 0 Å². The van der Waals surface area contributed by atoms with E-state index in [2.05, 4.69) is 16.3 Å². The number of thioether (sulfide) groups is 2. The predicted octanol–water partition coefficient (Wildman–Crippen LogP) is 1.29. The maximum atomic E-state index is 8.82. The Labute approximate surface area is 106 Å². The van der Waals surface area contributed by atoms with Crippen LogP contribution >= 0.6 is 23.5 Å². The summed E-state index contributed by atoms with van der Waals surface area (Å²) < 4.78 is -0.148. The highest BCUT2D eigenvalue weighted by Gasteiger charge is 2.37. The van der Waals surface area contributed by atoms with E-state index in [-0.39, 0.29) is 4.75 Å². The molecule has 1 aliphatic rings. The number of hydrogen-bond acceptors (Lipinski definition) is 5. The highest BCUT2D eigenvalue weighted by Crippen LogP contribution is 2.34. The van der Waals surface area contributed by atoms with E-state index in [9.17, 15) is 0 Å². The van der Waals surface area contributed by atoms with Gasteiger partial charge in [0, 0.05) is 12.3 Å². The number of nitrogens with two attached hydrogens (primary N) is 1. The summed E-state index contributed by atoms with van der Waals surface area (Å²) in [5.74, 6) is 1.56. The van der Waals surface area contributed by atoms with Crippen LogP contribution < -0.4 is 5.73 Å². The van der Waals surface area contributed by atoms with Crippen molar-refractivity contribution in [1.82, 2.24) is 4.90 Å². The first kappa shape index (κ1) is 14.0. The fourth-order valence-electron chi connectivity index (χ4n) is 2.01. The molecule has 4 nitrogen and oxygen atoms in total. The SMILES string of the molecule is CSCCN1CCC(SC)(C(N)=NO)CC1. The second kappa shape index (κ2) is 6.61. The quantitative estimate of drug-likeness (QED) is 0.339. The van der Waals surface area contributed by atoms with Crippen LogP contribution in [0.4, 0.5) is 0 Å². The molecular formula is C10H21N3OS2. The Kier molecular flexibility index (Phi) is 5.78. The molecule has 0 amide bonds. The third-order valence-electron chi connectivity index (χ3n) is 3.24. The first-order valence-corrected chi connectivity index (χ1v) is 8.05. The van der Waals surface area contributed by atoms with Gasteiger partial charge in [0.05, 0.1) is 4.75 Å². The van der Waals surface area contributed by atoms with Crippen molar-refractivity contribution in [3.8, 4) is 0 Å². The number of oxime groups is 1. The molecule has 0 aromatic heterocycles. The normalized spacial score (nSPS) is 22.2. The molecule has 1 fully saturated rings. The molecule has 0 unspecified atom stereocenters. The largest absolute Gasteiger partial charge is 0.409 e. The molecule has 6 heteroatoms. The third-order valence-corrected chi connectivity index (χ3v) is 5.23. The van der Waals surface area contributed by atoms with Gasteiger partial charge >= 0.3 is 0 Å². The van der Waals surface area contributed by atoms with Crippen LogP contribution in [0.1, 0.15) is 12.8 Å². The lowest BCUT2D eigenvalue weighted by Crippen LogP contribution is -2.50. The van der Waals surface area contributed by atoms with E-state index >= 15 is 0 Å². The molecule has 1 saturated heterocycles. The van der Waals surface area contributed by atoms with Gasteiger partial charge in [0.1, 0.15) is 0 Å². The highest BCUT2D eigenvalue weighted by molar-refractivity contribution is 8.00. The fraction of sp³-hybridized carbons (Fsp3) is 0.900. The van der Waals surface area contributed by atoms with Gasteiger partial charge in [0.25, 0.3) is 0 Å². The number of rotatable bonds is 5. The first-order chi connectivity index (χ1) is 7.68. The Morgan fingerprint density at radius 1 is 1.44 bits per heavy atom. The number of piperidine rings is 1. The first-order valence-electron chi connectivity index (χ1n) is 5.43. The van der Waals surface area contributed by atoms with E-state index in [0.29, 0.717) is 5.84 Å². The monoisotopic (exact) mass is 263 g/mol. The van der Waals surface area contributed by atoms with Crippen LogP contribution in [0.2, 0.25) is 0 Å². The summed E-state index contributed by atoms with van der Waals surface area (Å²) in [5.41, 5.74) is 5.80. The Balaban J connectivity index is 2.50. The van der Waals surface area contributed by atoms with Gasteiger partial charge in [0.15, 0.2) is 5.84 Å². The van der Waals surface area contributed by atoms with Crippen molar-refractivity contribution in [3.63, 3.8) is 0 Å². The van der Waals surface area contributed by atoms with Gasteiger partial charge in [-0.25, -0.2) is 0 Å². The second-order valence-corrected chi connectivity index (χ2v) is 6.19. The standard InChI is InChI=1S/C10H21N3OS2/c1-15-8-7-13-5-3-10(16-2,4-6-13)9(11)12-14/h14H,3-8H2,1-2H3,(H2,11,12). The van der Waals surface area contributed by atoms with Crippen molar-refractivity contribution >= 4 is 29.4 Å². The van der Waals surface area contributed by atoms with Gasteiger partial charge in [-0.3, -0.25) is 0 Å². The minimum Gasteiger partial charge on any atom is -0.409 e. The lowest BCUT2D eigenvalue weighted by Gasteiger charge is -2.39. The van der Waals surface area contributed by atoms with Crippen LogP contribution in [0.25, 0.3) is 0 Å². The zero-order valence-corrected chi connectivity index (χ0v) is 11.6. The van der Waals surface area contributed by atoms with Crippen molar-refractivity contribution in [2.45, 2.75) is 17.6 Å². The van der Waals surface area contributed by atoms with Crippen LogP contribution in [-0.2, 0) is 0 Å². The molecule has 1 heterocycles. The van der Waals surface area contributed by atoms with Crippen LogP contribution in [-0.4, -0.2) is 58.6 Å². The van der Waals surface area contributed by atoms with Gasteiger partial charge in [0.2, 0.25) is 0 Å². The van der Waals surface area contributed by atoms with E-state index in [4.69, 9.17) is 10.9 Å². The summed E-state index contributed by atoms with van der Waals surface area (Å²) in [5, 5.41) is 12.0. The van der Waals surface area contributed by atoms with E-state index in [1.165, 1.54) is 5.75 Å². The van der Waals surface area contributed by atoms with E-state index in [1.54, 1.807) is 11.8 Å². The molecule has 0 aromatic carbocycles. The van der Waals surface area contributed by atoms with E-state index < -0.39 is 0 Å². The zero-order valence-electron chi connectivity index (χ0n) is 9.98. The van der Waals surface area contributed by atoms with Crippen molar-refractivity contribution in [2.75, 3.05) is 37.9 Å². The van der Waals surface area contributed by atoms with Crippen LogP contribution in [0.15, 0.2) is 5.16 Å². The van der Waals surface area contributed by atoms with Crippen molar-refractivity contribution < 1.29 is 5.21 Å². The minimum atomic E-state index is -0.148. The summed E-state index contributed by atoms with van der Waals surface area (Å²) in [4.78, 5) is 2.45. The molecule has 3 N–H and O–H groups in total. The van der Waals surface area contributed by atoms with Gasteiger partial charge in [-0.1, -0.05) is 5.16 Å². The topological polar surface area (TPSA) is 61.8 Å². The highest BCUT2D eigenvalue weighted by atomic mass is 32.2. The maximum absolute atomic E-state index is 8.82. The summed E-state index contributed by atoms with van der Waals surface area (Å²) in [6, 6.07) is 0. The Hall–Kier alpha value is -0.0700. The summed E-state index contributed by atoms with van der Waals surface area (Å²) in [6.45, 7) is 3.22. The van der Waals surface area contributed by atoms with Crippen LogP contribution in [0.3, 0.4) is 0 Å². The zero-order chi connectivity index (χ0) is 12.0. The fourth-order valence-corrected chi connectivity index (χ4v) is 3.30. The summed E-state index contributed by atoms with van der Waals surface area (Å²) >= 11 is 3.58. The van der Waals surface area contributed by atoms with Crippen molar-refractivity contribution in [3.05, 3.63) is 0 Å². The molecule has 0 radical (unpaired) electrons. The van der Waals surface area contributed by atoms with Crippen LogP contribution in [0, 0.1) is 0 Å². The molecule has 0 bridgehead atoms. The Bertz CT molecular complexity index is 240. The van der Waals surface area contributed by atoms with E-state index in [1.807, 2.05) is 18.0 Å². The number of nitrogens with zero attached hydrogens (tertiary/aromatic N) is 2. The molecular weight excluding hydrogens is 242 g/mol. The lowest BCUT2D eigenvalue weighted by atomic mass is 9.94. The number of hydrogen-bond donors (Lipinski definition) is 2. The number of amidine groups is 1. The molecule has 0 saturated carbocycles. The van der Waals surface area contributed by atoms with Gasteiger partial charge in [-0.2, -0.15) is 23.5 Å². The molecule has 0 spiro atoms. The molecule has 94 valence electrons. The number of likely N-dealkylation sites (tertiary alicyclic amines) is 1. The smallest absolute Gasteiger partial charge is 0.155 e. The third kappa shape index (κ3) is 3.21. The molecule has 1 aliphatic heterocycles. The van der Waals surface area contributed by atoms with E-state index in [0.717, 1.165) is 32.5 Å². The predicted molar refractivity (Wildman–Crippen MR) is 73.7 cm³/mol. The van der Waals surface area contributed by atoms with Crippen molar-refractivity contribution in [2.24, 2.45) is 10.9 Å². The summed E-state index contributed by atoms with van der Waals surface area (Å²) in [6.07, 6.45) is 6.11. The van der Waals surface area contributed by atoms with Gasteiger partial charge < -0.3 is 15.8 Å². The Morgan fingerprint density at radius 2 is 2.06 bits per heavy atom. The molecule has 1 rings (SSSR count). The molecule has 0 atom stereocenters.